The van der Waals surface area contributed by atoms with Gasteiger partial charge in [0.2, 0.25) is 12.5 Å². The maximum Gasteiger partial charge on any atom is 0.231 e. The van der Waals surface area contributed by atoms with E-state index in [1.54, 1.807) is 6.07 Å². The summed E-state index contributed by atoms with van der Waals surface area (Å²) in [5.74, 6) is 0.398. The molecule has 1 aliphatic heterocycles. The van der Waals surface area contributed by atoms with Crippen molar-refractivity contribution in [1.29, 1.82) is 0 Å². The fraction of sp³-hybridized carbons (Fsp3) is 0.500. The molecule has 1 saturated carbocycles. The number of hydrogen-bond donors (Lipinski definition) is 1. The van der Waals surface area contributed by atoms with Crippen molar-refractivity contribution in [2.45, 2.75) is 24.7 Å². The maximum atomic E-state index is 13.7. The van der Waals surface area contributed by atoms with Gasteiger partial charge in [-0.25, -0.2) is 4.39 Å². The average Bonchev–Trinajstić information content (AvgIpc) is 2.65. The van der Waals surface area contributed by atoms with E-state index < -0.39 is 0 Å². The van der Waals surface area contributed by atoms with Crippen LogP contribution in [-0.4, -0.2) is 13.3 Å². The second-order valence-electron chi connectivity index (χ2n) is 4.53. The predicted molar refractivity (Wildman–Crippen MR) is 57.1 cm³/mol. The van der Waals surface area contributed by atoms with E-state index in [1.165, 1.54) is 0 Å². The smallest absolute Gasteiger partial charge is 0.231 e. The summed E-state index contributed by atoms with van der Waals surface area (Å²) in [4.78, 5) is 0. The van der Waals surface area contributed by atoms with Crippen LogP contribution in [0.3, 0.4) is 0 Å². The van der Waals surface area contributed by atoms with Crippen molar-refractivity contribution in [3.63, 3.8) is 0 Å². The minimum absolute atomic E-state index is 0.0399. The lowest BCUT2D eigenvalue weighted by molar-refractivity contribution is 0.170. The van der Waals surface area contributed by atoms with E-state index in [1.807, 2.05) is 6.07 Å². The maximum absolute atomic E-state index is 13.7. The molecule has 0 radical (unpaired) electrons. The zero-order valence-electron chi connectivity index (χ0n) is 8.96. The van der Waals surface area contributed by atoms with Gasteiger partial charge >= 0.3 is 0 Å². The summed E-state index contributed by atoms with van der Waals surface area (Å²) < 4.78 is 24.0. The second kappa shape index (κ2) is 3.35. The van der Waals surface area contributed by atoms with Gasteiger partial charge in [-0.15, -0.1) is 0 Å². The Morgan fingerprint density at radius 1 is 1.31 bits per heavy atom. The number of hydrogen-bond acceptors (Lipinski definition) is 3. The van der Waals surface area contributed by atoms with Crippen LogP contribution in [0.15, 0.2) is 12.1 Å². The first-order valence-corrected chi connectivity index (χ1v) is 5.55. The van der Waals surface area contributed by atoms with Crippen LogP contribution in [0.4, 0.5) is 4.39 Å². The Labute approximate surface area is 93.3 Å². The third-order valence-electron chi connectivity index (χ3n) is 3.74. The Kier molecular flexibility index (Phi) is 2.07. The Morgan fingerprint density at radius 3 is 2.75 bits per heavy atom. The summed E-state index contributed by atoms with van der Waals surface area (Å²) in [6.45, 7) is 0.664. The van der Waals surface area contributed by atoms with Crippen LogP contribution in [0, 0.1) is 5.82 Å². The Morgan fingerprint density at radius 2 is 2.12 bits per heavy atom. The highest BCUT2D eigenvalue weighted by atomic mass is 19.1. The number of rotatable bonds is 2. The van der Waals surface area contributed by atoms with Crippen LogP contribution < -0.4 is 15.2 Å². The Balaban J connectivity index is 2.05. The van der Waals surface area contributed by atoms with Gasteiger partial charge in [0.25, 0.3) is 0 Å². The Bertz CT molecular complexity index is 424. The van der Waals surface area contributed by atoms with E-state index in [0.29, 0.717) is 12.3 Å². The van der Waals surface area contributed by atoms with Gasteiger partial charge in [-0.1, -0.05) is 6.42 Å². The molecular weight excluding hydrogens is 209 g/mol. The van der Waals surface area contributed by atoms with Crippen LogP contribution in [0.2, 0.25) is 0 Å². The monoisotopic (exact) mass is 223 g/mol. The van der Waals surface area contributed by atoms with Crippen LogP contribution in [0.1, 0.15) is 24.8 Å². The molecule has 0 unspecified atom stereocenters. The van der Waals surface area contributed by atoms with Crippen molar-refractivity contribution in [2.24, 2.45) is 5.73 Å². The molecule has 4 heteroatoms. The van der Waals surface area contributed by atoms with E-state index in [0.717, 1.165) is 24.8 Å². The van der Waals surface area contributed by atoms with Gasteiger partial charge in [-0.3, -0.25) is 0 Å². The molecule has 0 saturated heterocycles. The molecule has 2 N–H and O–H groups in total. The van der Waals surface area contributed by atoms with E-state index in [-0.39, 0.29) is 23.8 Å². The molecule has 0 atom stereocenters. The fourth-order valence-electron chi connectivity index (χ4n) is 2.49. The molecule has 1 fully saturated rings. The summed E-state index contributed by atoms with van der Waals surface area (Å²) in [5, 5.41) is 0. The van der Waals surface area contributed by atoms with Gasteiger partial charge in [-0.2, -0.15) is 0 Å². The minimum Gasteiger partial charge on any atom is -0.453 e. The van der Waals surface area contributed by atoms with Crippen molar-refractivity contribution in [3.8, 4) is 11.5 Å². The lowest BCUT2D eigenvalue weighted by Gasteiger charge is -2.41. The van der Waals surface area contributed by atoms with Crippen LogP contribution in [0.5, 0.6) is 11.5 Å². The van der Waals surface area contributed by atoms with Crippen molar-refractivity contribution in [3.05, 3.63) is 23.5 Å². The zero-order valence-corrected chi connectivity index (χ0v) is 8.96. The third kappa shape index (κ3) is 1.23. The Hall–Kier alpha value is -1.29. The largest absolute Gasteiger partial charge is 0.453 e. The third-order valence-corrected chi connectivity index (χ3v) is 3.74. The number of fused-ring (bicyclic) bond motifs is 1. The molecule has 0 amide bonds. The van der Waals surface area contributed by atoms with Gasteiger partial charge in [-0.05, 0) is 30.5 Å². The van der Waals surface area contributed by atoms with Gasteiger partial charge in [0.1, 0.15) is 0 Å². The molecule has 1 heterocycles. The first kappa shape index (κ1) is 9.90. The number of ether oxygens (including phenoxy) is 2. The van der Waals surface area contributed by atoms with E-state index >= 15 is 0 Å². The summed E-state index contributed by atoms with van der Waals surface area (Å²) in [7, 11) is 0. The van der Waals surface area contributed by atoms with E-state index in [2.05, 4.69) is 0 Å². The molecule has 3 rings (SSSR count). The first-order chi connectivity index (χ1) is 7.75. The van der Waals surface area contributed by atoms with Crippen molar-refractivity contribution in [2.75, 3.05) is 13.3 Å². The highest BCUT2D eigenvalue weighted by Crippen LogP contribution is 2.46. The van der Waals surface area contributed by atoms with Gasteiger partial charge in [0.15, 0.2) is 11.6 Å². The summed E-state index contributed by atoms with van der Waals surface area (Å²) in [6.07, 6.45) is 3.22. The lowest BCUT2D eigenvalue weighted by Crippen LogP contribution is -2.41. The van der Waals surface area contributed by atoms with Crippen LogP contribution in [0.25, 0.3) is 0 Å². The molecule has 0 aromatic heterocycles. The molecule has 16 heavy (non-hydrogen) atoms. The fourth-order valence-corrected chi connectivity index (χ4v) is 2.49. The van der Waals surface area contributed by atoms with Crippen LogP contribution >= 0.6 is 0 Å². The number of benzene rings is 1. The van der Waals surface area contributed by atoms with Crippen molar-refractivity contribution in [1.82, 2.24) is 0 Å². The number of halogens is 1. The highest BCUT2D eigenvalue weighted by molar-refractivity contribution is 5.48. The van der Waals surface area contributed by atoms with Gasteiger partial charge in [0, 0.05) is 12.0 Å². The van der Waals surface area contributed by atoms with Crippen LogP contribution in [-0.2, 0) is 5.41 Å². The SMILES string of the molecule is NCC1(c2cc(F)c3c(c2)OCO3)CCC1. The summed E-state index contributed by atoms with van der Waals surface area (Å²) in [5.41, 5.74) is 6.71. The zero-order chi connectivity index (χ0) is 11.2. The van der Waals surface area contributed by atoms with Crippen molar-refractivity contribution < 1.29 is 13.9 Å². The molecule has 2 aliphatic rings. The molecule has 1 aromatic carbocycles. The predicted octanol–water partition coefficient (Wildman–Crippen LogP) is 1.93. The second-order valence-corrected chi connectivity index (χ2v) is 4.53. The van der Waals surface area contributed by atoms with E-state index in [9.17, 15) is 4.39 Å². The average molecular weight is 223 g/mol. The molecule has 0 spiro atoms. The van der Waals surface area contributed by atoms with E-state index in [4.69, 9.17) is 15.2 Å². The quantitative estimate of drug-likeness (QED) is 0.833. The lowest BCUT2D eigenvalue weighted by atomic mass is 9.64. The normalized spacial score (nSPS) is 20.6. The summed E-state index contributed by atoms with van der Waals surface area (Å²) >= 11 is 0. The first-order valence-electron chi connectivity index (χ1n) is 5.55. The summed E-state index contributed by atoms with van der Waals surface area (Å²) in [6, 6.07) is 3.41. The number of nitrogens with two attached hydrogens (primary N) is 1. The van der Waals surface area contributed by atoms with Gasteiger partial charge < -0.3 is 15.2 Å². The highest BCUT2D eigenvalue weighted by Gasteiger charge is 2.39. The van der Waals surface area contributed by atoms with Gasteiger partial charge in [0.05, 0.1) is 0 Å². The minimum atomic E-state index is -0.343. The molecule has 0 bridgehead atoms. The molecular formula is C12H14FNO2. The molecule has 1 aromatic rings. The topological polar surface area (TPSA) is 44.5 Å². The molecule has 3 nitrogen and oxygen atoms in total. The molecule has 1 aliphatic carbocycles. The molecule has 86 valence electrons. The standard InChI is InChI=1S/C12H14FNO2/c13-9-4-8(12(6-14)2-1-3-12)5-10-11(9)16-7-15-10/h4-5H,1-3,6-7,14H2. The van der Waals surface area contributed by atoms with Crippen molar-refractivity contribution >= 4 is 0 Å².